The van der Waals surface area contributed by atoms with Crippen LogP contribution in [0.25, 0.3) is 0 Å². The summed E-state index contributed by atoms with van der Waals surface area (Å²) < 4.78 is 18.7. The number of carbonyl (C=O) groups is 1. The minimum absolute atomic E-state index is 0.00964. The van der Waals surface area contributed by atoms with E-state index in [1.807, 2.05) is 0 Å². The van der Waals surface area contributed by atoms with Gasteiger partial charge in [-0.05, 0) is 13.0 Å². The first kappa shape index (κ1) is 21.9. The third-order valence-electron chi connectivity index (χ3n) is 5.28. The van der Waals surface area contributed by atoms with Crippen LogP contribution < -0.4 is 26.0 Å². The van der Waals surface area contributed by atoms with Gasteiger partial charge in [-0.2, -0.15) is 0 Å². The van der Waals surface area contributed by atoms with Crippen LogP contribution >= 0.6 is 0 Å². The highest BCUT2D eigenvalue weighted by molar-refractivity contribution is 5.94. The molecule has 1 aliphatic heterocycles. The maximum Gasteiger partial charge on any atom is 0.337 e. The molecule has 1 N–H and O–H groups in total. The Kier molecular flexibility index (Phi) is 6.05. The highest BCUT2D eigenvalue weighted by Crippen LogP contribution is 2.45. The number of nitrogens with one attached hydrogen (secondary N) is 1. The van der Waals surface area contributed by atoms with E-state index in [0.717, 1.165) is 4.57 Å². The molecule has 1 aromatic carbocycles. The zero-order chi connectivity index (χ0) is 22.9. The molecule has 2 heterocycles. The van der Waals surface area contributed by atoms with Crippen molar-refractivity contribution in [2.24, 2.45) is 14.1 Å². The lowest BCUT2D eigenvalue weighted by molar-refractivity contribution is -0.138. The quantitative estimate of drug-likeness (QED) is 0.553. The van der Waals surface area contributed by atoms with Gasteiger partial charge in [-0.1, -0.05) is 24.8 Å². The molecule has 0 radical (unpaired) electrons. The fourth-order valence-electron chi connectivity index (χ4n) is 3.82. The molecule has 0 bridgehead atoms. The van der Waals surface area contributed by atoms with E-state index in [-0.39, 0.29) is 17.7 Å². The smallest absolute Gasteiger partial charge is 0.337 e. The topological polar surface area (TPSA) is 101 Å². The number of aromatic nitrogens is 2. The van der Waals surface area contributed by atoms with Gasteiger partial charge >= 0.3 is 11.7 Å². The first-order valence-corrected chi connectivity index (χ1v) is 9.55. The maximum absolute atomic E-state index is 13.3. The van der Waals surface area contributed by atoms with Gasteiger partial charge in [0.15, 0.2) is 11.5 Å². The first-order valence-electron chi connectivity index (χ1n) is 9.55. The van der Waals surface area contributed by atoms with Gasteiger partial charge in [0.2, 0.25) is 0 Å². The van der Waals surface area contributed by atoms with Gasteiger partial charge in [-0.3, -0.25) is 13.9 Å². The van der Waals surface area contributed by atoms with Gasteiger partial charge in [0.1, 0.15) is 12.4 Å². The Morgan fingerprint density at radius 1 is 1.19 bits per heavy atom. The predicted molar refractivity (Wildman–Crippen MR) is 116 cm³/mol. The van der Waals surface area contributed by atoms with Crippen molar-refractivity contribution in [1.29, 1.82) is 0 Å². The fourth-order valence-corrected chi connectivity index (χ4v) is 3.82. The Bertz CT molecular complexity index is 1200. The van der Waals surface area contributed by atoms with Crippen molar-refractivity contribution in [2.75, 3.05) is 26.1 Å². The molecule has 1 aliphatic rings. The number of para-hydroxylation sites is 1. The average molecular weight is 427 g/mol. The van der Waals surface area contributed by atoms with E-state index in [4.69, 9.17) is 14.2 Å². The van der Waals surface area contributed by atoms with E-state index in [2.05, 4.69) is 11.9 Å². The summed E-state index contributed by atoms with van der Waals surface area (Å²) in [6, 6.07) is 5.21. The van der Waals surface area contributed by atoms with Crippen molar-refractivity contribution < 1.29 is 19.0 Å². The van der Waals surface area contributed by atoms with Gasteiger partial charge in [0.05, 0.1) is 31.3 Å². The average Bonchev–Trinajstić information content (AvgIpc) is 2.78. The van der Waals surface area contributed by atoms with E-state index in [0.29, 0.717) is 28.6 Å². The molecule has 0 aliphatic carbocycles. The Morgan fingerprint density at radius 2 is 1.90 bits per heavy atom. The van der Waals surface area contributed by atoms with Crippen LogP contribution in [0.5, 0.6) is 11.5 Å². The Morgan fingerprint density at radius 3 is 2.52 bits per heavy atom. The van der Waals surface area contributed by atoms with Crippen LogP contribution in [0.3, 0.4) is 0 Å². The van der Waals surface area contributed by atoms with E-state index in [9.17, 15) is 14.4 Å². The number of hydrogen-bond donors (Lipinski definition) is 1. The molecule has 31 heavy (non-hydrogen) atoms. The SMILES string of the molecule is C=CCOC(=O)C1=C(C)Nc2c(c(=O)n(C)c(=O)n2C)C1c1cccc(OC)c1OC. The van der Waals surface area contributed by atoms with Crippen molar-refractivity contribution in [3.05, 3.63) is 74.1 Å². The molecule has 1 aromatic heterocycles. The standard InChI is InChI=1S/C22H25N3O6/c1-7-11-31-21(27)15-12(2)23-19-17(20(26)25(4)22(28)24(19)3)16(15)13-9-8-10-14(29-5)18(13)30-6/h7-10,16,23H,1,11H2,2-6H3. The number of allylic oxidation sites excluding steroid dienone is 1. The van der Waals surface area contributed by atoms with E-state index < -0.39 is 23.1 Å². The molecule has 1 unspecified atom stereocenters. The summed E-state index contributed by atoms with van der Waals surface area (Å²) in [7, 11) is 5.93. The second kappa shape index (κ2) is 8.55. The van der Waals surface area contributed by atoms with Gasteiger partial charge < -0.3 is 19.5 Å². The largest absolute Gasteiger partial charge is 0.493 e. The summed E-state index contributed by atoms with van der Waals surface area (Å²) in [5.41, 5.74) is 0.439. The number of rotatable bonds is 6. The van der Waals surface area contributed by atoms with E-state index in [1.54, 1.807) is 32.2 Å². The van der Waals surface area contributed by atoms with Crippen LogP contribution in [0.4, 0.5) is 5.82 Å². The van der Waals surface area contributed by atoms with Crippen LogP contribution in [0.2, 0.25) is 0 Å². The third-order valence-corrected chi connectivity index (χ3v) is 5.28. The van der Waals surface area contributed by atoms with Crippen molar-refractivity contribution in [2.45, 2.75) is 12.8 Å². The molecule has 0 spiro atoms. The lowest BCUT2D eigenvalue weighted by Gasteiger charge is -2.31. The fraction of sp³-hybridized carbons (Fsp3) is 0.318. The summed E-state index contributed by atoms with van der Waals surface area (Å²) in [4.78, 5) is 38.8. The minimum atomic E-state index is -0.857. The predicted octanol–water partition coefficient (Wildman–Crippen LogP) is 1.66. The molecular weight excluding hydrogens is 402 g/mol. The highest BCUT2D eigenvalue weighted by atomic mass is 16.5. The number of benzene rings is 1. The van der Waals surface area contributed by atoms with Crippen LogP contribution in [-0.2, 0) is 23.6 Å². The Hall–Kier alpha value is -3.75. The van der Waals surface area contributed by atoms with Gasteiger partial charge in [-0.15, -0.1) is 0 Å². The Balaban J connectivity index is 2.42. The zero-order valence-corrected chi connectivity index (χ0v) is 18.1. The first-order chi connectivity index (χ1) is 14.8. The molecule has 0 fully saturated rings. The van der Waals surface area contributed by atoms with Crippen LogP contribution in [-0.4, -0.2) is 35.9 Å². The van der Waals surface area contributed by atoms with Crippen LogP contribution in [0.1, 0.15) is 24.0 Å². The maximum atomic E-state index is 13.3. The molecule has 9 nitrogen and oxygen atoms in total. The van der Waals surface area contributed by atoms with Gasteiger partial charge in [0, 0.05) is 25.4 Å². The van der Waals surface area contributed by atoms with E-state index >= 15 is 0 Å². The zero-order valence-electron chi connectivity index (χ0n) is 18.1. The highest BCUT2D eigenvalue weighted by Gasteiger charge is 2.39. The number of anilines is 1. The lowest BCUT2D eigenvalue weighted by Crippen LogP contribution is -2.43. The molecule has 1 atom stereocenters. The third kappa shape index (κ3) is 3.52. The summed E-state index contributed by atoms with van der Waals surface area (Å²) >= 11 is 0. The van der Waals surface area contributed by atoms with Gasteiger partial charge in [-0.25, -0.2) is 9.59 Å². The van der Waals surface area contributed by atoms with Crippen LogP contribution in [0.15, 0.2) is 51.7 Å². The molecule has 0 amide bonds. The molecule has 0 saturated heterocycles. The second-order valence-corrected chi connectivity index (χ2v) is 7.03. The van der Waals surface area contributed by atoms with E-state index in [1.165, 1.54) is 31.9 Å². The summed E-state index contributed by atoms with van der Waals surface area (Å²) in [6.45, 7) is 5.27. The normalized spacial score (nSPS) is 15.1. The monoisotopic (exact) mass is 427 g/mol. The van der Waals surface area contributed by atoms with Crippen molar-refractivity contribution >= 4 is 11.8 Å². The second-order valence-electron chi connectivity index (χ2n) is 7.03. The number of fused-ring (bicyclic) bond motifs is 1. The molecule has 9 heteroatoms. The van der Waals surface area contributed by atoms with Crippen molar-refractivity contribution in [1.82, 2.24) is 9.13 Å². The number of carbonyl (C=O) groups excluding carboxylic acids is 1. The summed E-state index contributed by atoms with van der Waals surface area (Å²) in [6.07, 6.45) is 1.46. The number of ether oxygens (including phenoxy) is 3. The molecule has 164 valence electrons. The van der Waals surface area contributed by atoms with Gasteiger partial charge in [0.25, 0.3) is 5.56 Å². The number of esters is 1. The molecular formula is C22H25N3O6. The summed E-state index contributed by atoms with van der Waals surface area (Å²) in [5, 5.41) is 3.04. The van der Waals surface area contributed by atoms with Crippen molar-refractivity contribution in [3.8, 4) is 11.5 Å². The molecule has 2 aromatic rings. The lowest BCUT2D eigenvalue weighted by atomic mass is 9.81. The summed E-state index contributed by atoms with van der Waals surface area (Å²) in [5.74, 6) is -0.343. The number of methoxy groups -OCH3 is 2. The molecule has 3 rings (SSSR count). The number of hydrogen-bond acceptors (Lipinski definition) is 7. The minimum Gasteiger partial charge on any atom is -0.493 e. The Labute approximate surface area is 179 Å². The molecule has 0 saturated carbocycles. The number of nitrogens with zero attached hydrogens (tertiary/aromatic N) is 2. The van der Waals surface area contributed by atoms with Crippen LogP contribution in [0, 0.1) is 0 Å². The van der Waals surface area contributed by atoms with Crippen molar-refractivity contribution in [3.63, 3.8) is 0 Å².